The average molecular weight is 948 g/mol. The summed E-state index contributed by atoms with van der Waals surface area (Å²) in [5.74, 6) is 2.24. The summed E-state index contributed by atoms with van der Waals surface area (Å²) >= 11 is 14.1. The molecule has 308 valence electrons. The van der Waals surface area contributed by atoms with Gasteiger partial charge in [0.05, 0.1) is 0 Å². The molecule has 0 bridgehead atoms. The Bertz CT molecular complexity index is 2530. The van der Waals surface area contributed by atoms with Crippen LogP contribution < -0.4 is 24.8 Å². The molecule has 2 atom stereocenters. The van der Waals surface area contributed by atoms with Crippen LogP contribution in [0.3, 0.4) is 0 Å². The maximum atomic E-state index is 6.38. The van der Waals surface area contributed by atoms with E-state index in [1.54, 1.807) is 28.2 Å². The summed E-state index contributed by atoms with van der Waals surface area (Å²) < 4.78 is 1.31. The monoisotopic (exact) mass is 944 g/mol. The third-order valence-electron chi connectivity index (χ3n) is 15.7. The molecule has 0 nitrogen and oxygen atoms in total. The molecule has 0 spiro atoms. The summed E-state index contributed by atoms with van der Waals surface area (Å²) in [4.78, 5) is 0. The first-order valence-corrected chi connectivity index (χ1v) is 22.9. The molecule has 0 radical (unpaired) electrons. The number of fused-ring (bicyclic) bond motifs is 8. The predicted molar refractivity (Wildman–Crippen MR) is 247 cm³/mol. The topological polar surface area (TPSA) is 0 Å². The van der Waals surface area contributed by atoms with Gasteiger partial charge in [-0.15, -0.1) is 13.3 Å². The van der Waals surface area contributed by atoms with Gasteiger partial charge in [-0.25, -0.2) is 18.1 Å². The van der Waals surface area contributed by atoms with E-state index in [0.717, 1.165) is 33.7 Å². The zero-order chi connectivity index (χ0) is 41.2. The molecule has 5 heteroatoms. The van der Waals surface area contributed by atoms with Crippen LogP contribution in [0.4, 0.5) is 0 Å². The van der Waals surface area contributed by atoms with Crippen molar-refractivity contribution in [3.63, 3.8) is 0 Å². The molecule has 10 rings (SSSR count). The van der Waals surface area contributed by atoms with Crippen molar-refractivity contribution in [1.29, 1.82) is 0 Å². The Morgan fingerprint density at radius 2 is 1.25 bits per heavy atom. The molecular weight excluding hydrogens is 894 g/mol. The smallest absolute Gasteiger partial charge is 0.109 e. The number of halogens is 4. The Morgan fingerprint density at radius 3 is 1.78 bits per heavy atom. The summed E-state index contributed by atoms with van der Waals surface area (Å²) in [5, 5.41) is 6.15. The number of hydrogen-bond donors (Lipinski definition) is 0. The van der Waals surface area contributed by atoms with Gasteiger partial charge in [0, 0.05) is 0 Å². The largest absolute Gasteiger partial charge is 1.00 e. The SMILES string of the molecule is C[C-]1C2=C3Cc4ccccc4C3=C3C=CCCC3C2(C)C(C)(C)C(C)(C)C1(C)C.Clc1ccc([C](=[Zr+2])c2ccc(Cl)c3ccccc23)c2ccccc12.[C-]1=CC=CC1.[Cl-].[Cl-]. The molecular formula is C55H54Cl4Zr-2. The van der Waals surface area contributed by atoms with Crippen molar-refractivity contribution in [2.75, 3.05) is 0 Å². The molecule has 60 heavy (non-hydrogen) atoms. The molecule has 0 amide bonds. The van der Waals surface area contributed by atoms with Crippen LogP contribution in [-0.4, -0.2) is 3.21 Å². The number of rotatable bonds is 2. The molecule has 5 aliphatic rings. The third-order valence-corrected chi connectivity index (χ3v) is 17.6. The minimum absolute atomic E-state index is 0. The second-order valence-corrected chi connectivity index (χ2v) is 20.5. The van der Waals surface area contributed by atoms with Crippen molar-refractivity contribution in [1.82, 2.24) is 0 Å². The standard InChI is InChI=1S/C29H37.C21H12Cl2.C5H5.2ClH.Zr/c1-18-25-22-17-19-13-9-10-14-20(19)24(22)21-15-11-12-16-23(21)29(25,8)28(6,7)27(4,5)26(18,2)3;22-20-11-9-14(16-5-1-3-7-18(16)20)13-15-10-12-21(23)19-8-4-2-6-17(15)19;1-2-4-5-3-1;;;/h9-11,13-15,23H,12,16-17H2,1-8H3;1-12H;1-3H,4H2;2*1H;/q-1;;-1;;;+2/p-2. The molecule has 0 saturated heterocycles. The maximum absolute atomic E-state index is 6.38. The molecule has 0 aliphatic heterocycles. The Hall–Kier alpha value is -2.90. The van der Waals surface area contributed by atoms with Gasteiger partial charge in [0.2, 0.25) is 0 Å². The van der Waals surface area contributed by atoms with Gasteiger partial charge in [-0.1, -0.05) is 113 Å². The van der Waals surface area contributed by atoms with E-state index in [0.29, 0.717) is 5.92 Å². The van der Waals surface area contributed by atoms with Crippen molar-refractivity contribution in [2.24, 2.45) is 27.6 Å². The van der Waals surface area contributed by atoms with Crippen LogP contribution in [0, 0.1) is 39.6 Å². The first-order valence-electron chi connectivity index (χ1n) is 20.9. The van der Waals surface area contributed by atoms with Gasteiger partial charge in [-0.3, -0.25) is 6.08 Å². The molecule has 2 unspecified atom stereocenters. The van der Waals surface area contributed by atoms with Crippen LogP contribution in [0.5, 0.6) is 0 Å². The van der Waals surface area contributed by atoms with E-state index >= 15 is 0 Å². The van der Waals surface area contributed by atoms with Gasteiger partial charge in [0.1, 0.15) is 0 Å². The molecule has 0 heterocycles. The number of benzene rings is 5. The average Bonchev–Trinajstić information content (AvgIpc) is 3.94. The molecule has 1 fully saturated rings. The first kappa shape index (κ1) is 46.6. The van der Waals surface area contributed by atoms with Crippen molar-refractivity contribution in [2.45, 2.75) is 81.1 Å². The van der Waals surface area contributed by atoms with Crippen molar-refractivity contribution >= 4 is 53.5 Å². The van der Waals surface area contributed by atoms with E-state index in [1.807, 2.05) is 36.4 Å². The quantitative estimate of drug-likeness (QED) is 0.155. The number of hydrogen-bond acceptors (Lipinski definition) is 0. The summed E-state index contributed by atoms with van der Waals surface area (Å²) in [7, 11) is 0. The zero-order valence-corrected chi connectivity index (χ0v) is 41.5. The second-order valence-electron chi connectivity index (χ2n) is 18.4. The Balaban J connectivity index is 0.000000177. The Morgan fingerprint density at radius 1 is 0.700 bits per heavy atom. The van der Waals surface area contributed by atoms with E-state index in [1.165, 1.54) is 73.3 Å². The van der Waals surface area contributed by atoms with Crippen molar-refractivity contribution in [3.05, 3.63) is 188 Å². The molecule has 5 aliphatic carbocycles. The van der Waals surface area contributed by atoms with Crippen LogP contribution in [0.1, 0.15) is 96.9 Å². The zero-order valence-electron chi connectivity index (χ0n) is 36.0. The van der Waals surface area contributed by atoms with E-state index in [4.69, 9.17) is 23.2 Å². The fraction of sp³-hybridized carbons (Fsp3) is 0.309. The fourth-order valence-electron chi connectivity index (χ4n) is 11.0. The summed E-state index contributed by atoms with van der Waals surface area (Å²) in [6, 6.07) is 34.0. The predicted octanol–water partition coefficient (Wildman–Crippen LogP) is 9.69. The van der Waals surface area contributed by atoms with Gasteiger partial charge in [0.25, 0.3) is 0 Å². The Labute approximate surface area is 396 Å². The second kappa shape index (κ2) is 17.7. The van der Waals surface area contributed by atoms with Crippen molar-refractivity contribution in [3.8, 4) is 0 Å². The molecule has 5 aromatic rings. The minimum Gasteiger partial charge on any atom is -1.00 e. The van der Waals surface area contributed by atoms with E-state index < -0.39 is 0 Å². The summed E-state index contributed by atoms with van der Waals surface area (Å²) in [6.07, 6.45) is 18.5. The van der Waals surface area contributed by atoms with Crippen molar-refractivity contribution < 1.29 is 49.0 Å². The van der Waals surface area contributed by atoms with Crippen LogP contribution in [0.15, 0.2) is 144 Å². The normalized spacial score (nSPS) is 22.0. The Kier molecular flexibility index (Phi) is 13.7. The van der Waals surface area contributed by atoms with Crippen LogP contribution >= 0.6 is 23.2 Å². The molecule has 0 aromatic heterocycles. The first-order chi connectivity index (χ1) is 27.6. The van der Waals surface area contributed by atoms with E-state index in [9.17, 15) is 0 Å². The van der Waals surface area contributed by atoms with Gasteiger partial charge in [-0.2, -0.15) is 17.2 Å². The maximum Gasteiger partial charge on any atom is -0.109 e. The van der Waals surface area contributed by atoms with Gasteiger partial charge in [0.15, 0.2) is 0 Å². The van der Waals surface area contributed by atoms with Crippen LogP contribution in [0.2, 0.25) is 10.0 Å². The fourth-order valence-corrected chi connectivity index (χ4v) is 12.5. The summed E-state index contributed by atoms with van der Waals surface area (Å²) in [6.45, 7) is 20.3. The molecule has 1 saturated carbocycles. The molecule has 0 N–H and O–H groups in total. The van der Waals surface area contributed by atoms with E-state index in [2.05, 4.69) is 152 Å². The number of allylic oxidation sites excluding steroid dienone is 10. The van der Waals surface area contributed by atoms with Crippen LogP contribution in [-0.2, 0) is 30.7 Å². The van der Waals surface area contributed by atoms with E-state index in [-0.39, 0.29) is 46.5 Å². The third kappa shape index (κ3) is 7.26. The van der Waals surface area contributed by atoms with Crippen LogP contribution in [0.25, 0.3) is 27.1 Å². The van der Waals surface area contributed by atoms with Gasteiger partial charge >= 0.3 is 166 Å². The van der Waals surface area contributed by atoms with Gasteiger partial charge in [-0.05, 0) is 40.6 Å². The molecule has 5 aromatic carbocycles. The van der Waals surface area contributed by atoms with Gasteiger partial charge < -0.3 is 24.8 Å². The summed E-state index contributed by atoms with van der Waals surface area (Å²) in [5.41, 5.74) is 12.8. The minimum atomic E-state index is 0.